The van der Waals surface area contributed by atoms with Crippen molar-refractivity contribution in [3.63, 3.8) is 0 Å². The lowest BCUT2D eigenvalue weighted by molar-refractivity contribution is 0.340. The van der Waals surface area contributed by atoms with E-state index in [1.54, 1.807) is 6.07 Å². The summed E-state index contributed by atoms with van der Waals surface area (Å²) in [6, 6.07) is 9.40. The summed E-state index contributed by atoms with van der Waals surface area (Å²) >= 11 is 11.8. The molecule has 0 radical (unpaired) electrons. The van der Waals surface area contributed by atoms with Crippen LogP contribution in [0.25, 0.3) is 22.6 Å². The number of fused-ring (bicyclic) bond motifs is 1. The lowest BCUT2D eigenvalue weighted by Gasteiger charge is -2.02. The van der Waals surface area contributed by atoms with Crippen molar-refractivity contribution < 1.29 is 4.74 Å². The fourth-order valence-electron chi connectivity index (χ4n) is 1.91. The van der Waals surface area contributed by atoms with Crippen LogP contribution in [0.1, 0.15) is 6.92 Å². The van der Waals surface area contributed by atoms with Gasteiger partial charge in [-0.1, -0.05) is 23.2 Å². The molecule has 0 unspecified atom stereocenters. The number of hydrogen-bond donors (Lipinski definition) is 1. The Morgan fingerprint density at radius 3 is 2.60 bits per heavy atom. The van der Waals surface area contributed by atoms with E-state index in [2.05, 4.69) is 15.0 Å². The van der Waals surface area contributed by atoms with Gasteiger partial charge in [0.25, 0.3) is 0 Å². The van der Waals surface area contributed by atoms with E-state index in [9.17, 15) is 0 Å². The van der Waals surface area contributed by atoms with Gasteiger partial charge in [-0.25, -0.2) is 9.97 Å². The molecule has 0 atom stereocenters. The molecule has 0 spiro atoms. The minimum absolute atomic E-state index is 0.254. The molecular weight excluding hydrogens is 297 g/mol. The highest BCUT2D eigenvalue weighted by Gasteiger charge is 2.09. The summed E-state index contributed by atoms with van der Waals surface area (Å²) < 4.78 is 5.41. The summed E-state index contributed by atoms with van der Waals surface area (Å²) in [6.45, 7) is 2.59. The Kier molecular flexibility index (Phi) is 3.51. The van der Waals surface area contributed by atoms with Crippen LogP contribution in [-0.4, -0.2) is 21.6 Å². The van der Waals surface area contributed by atoms with Crippen LogP contribution in [0.3, 0.4) is 0 Å². The molecule has 0 amide bonds. The zero-order valence-corrected chi connectivity index (χ0v) is 12.2. The van der Waals surface area contributed by atoms with Crippen LogP contribution in [0.15, 0.2) is 30.3 Å². The lowest BCUT2D eigenvalue weighted by Crippen LogP contribution is -1.90. The van der Waals surface area contributed by atoms with Gasteiger partial charge in [-0.3, -0.25) is 0 Å². The van der Waals surface area contributed by atoms with Gasteiger partial charge in [-0.2, -0.15) is 0 Å². The molecule has 0 bridgehead atoms. The molecule has 0 aliphatic rings. The molecule has 6 heteroatoms. The number of imidazole rings is 1. The molecule has 1 N–H and O–H groups in total. The predicted molar refractivity (Wildman–Crippen MR) is 80.5 cm³/mol. The van der Waals surface area contributed by atoms with Gasteiger partial charge in [0.05, 0.1) is 17.1 Å². The average Bonchev–Trinajstić information content (AvgIpc) is 2.83. The first-order valence-electron chi connectivity index (χ1n) is 6.12. The molecular formula is C14H11Cl2N3O. The summed E-state index contributed by atoms with van der Waals surface area (Å²) in [4.78, 5) is 11.7. The first-order chi connectivity index (χ1) is 9.67. The number of H-pyrrole nitrogens is 1. The maximum Gasteiger partial charge on any atom is 0.179 e. The second-order valence-electron chi connectivity index (χ2n) is 4.17. The molecule has 2 heterocycles. The number of aromatic amines is 1. The highest BCUT2D eigenvalue weighted by atomic mass is 35.5. The van der Waals surface area contributed by atoms with Crippen molar-refractivity contribution >= 4 is 34.4 Å². The van der Waals surface area contributed by atoms with Crippen LogP contribution in [-0.2, 0) is 0 Å². The molecule has 20 heavy (non-hydrogen) atoms. The zero-order valence-electron chi connectivity index (χ0n) is 10.7. The second kappa shape index (κ2) is 5.31. The fraction of sp³-hybridized carbons (Fsp3) is 0.143. The van der Waals surface area contributed by atoms with Crippen LogP contribution in [0.4, 0.5) is 0 Å². The Morgan fingerprint density at radius 1 is 1.15 bits per heavy atom. The van der Waals surface area contributed by atoms with Crippen LogP contribution < -0.4 is 4.74 Å². The molecule has 0 aliphatic carbocycles. The van der Waals surface area contributed by atoms with Gasteiger partial charge in [0.15, 0.2) is 5.65 Å². The summed E-state index contributed by atoms with van der Waals surface area (Å²) in [6.07, 6.45) is 0. The highest BCUT2D eigenvalue weighted by Crippen LogP contribution is 2.26. The van der Waals surface area contributed by atoms with Crippen molar-refractivity contribution in [3.05, 3.63) is 40.5 Å². The third-order valence-electron chi connectivity index (χ3n) is 2.82. The standard InChI is InChI=1S/C14H11Cl2N3O/c1-2-20-9-5-3-8(4-6-9)13-17-11-7-10(15)12(16)18-14(11)19-13/h3-7H,2H2,1H3,(H,17,18,19). The Balaban J connectivity index is 2.01. The van der Waals surface area contributed by atoms with E-state index < -0.39 is 0 Å². The van der Waals surface area contributed by atoms with Crippen LogP contribution in [0.2, 0.25) is 10.2 Å². The molecule has 1 aromatic carbocycles. The molecule has 0 saturated heterocycles. The maximum absolute atomic E-state index is 5.94. The van der Waals surface area contributed by atoms with Crippen molar-refractivity contribution in [3.8, 4) is 17.1 Å². The van der Waals surface area contributed by atoms with Gasteiger partial charge < -0.3 is 9.72 Å². The van der Waals surface area contributed by atoms with Crippen molar-refractivity contribution in [2.24, 2.45) is 0 Å². The topological polar surface area (TPSA) is 50.8 Å². The number of pyridine rings is 1. The second-order valence-corrected chi connectivity index (χ2v) is 4.94. The summed E-state index contributed by atoms with van der Waals surface area (Å²) in [7, 11) is 0. The van der Waals surface area contributed by atoms with Crippen LogP contribution in [0, 0.1) is 0 Å². The van der Waals surface area contributed by atoms with E-state index in [-0.39, 0.29) is 5.15 Å². The Bertz CT molecular complexity index is 714. The number of ether oxygens (including phenoxy) is 1. The summed E-state index contributed by atoms with van der Waals surface area (Å²) in [5.74, 6) is 1.55. The van der Waals surface area contributed by atoms with E-state index in [1.807, 2.05) is 31.2 Å². The largest absolute Gasteiger partial charge is 0.494 e. The van der Waals surface area contributed by atoms with Crippen molar-refractivity contribution in [2.75, 3.05) is 6.61 Å². The monoisotopic (exact) mass is 307 g/mol. The molecule has 2 aromatic heterocycles. The number of benzene rings is 1. The maximum atomic E-state index is 5.94. The number of nitrogens with zero attached hydrogens (tertiary/aromatic N) is 2. The average molecular weight is 308 g/mol. The zero-order chi connectivity index (χ0) is 14.1. The molecule has 3 rings (SSSR count). The van der Waals surface area contributed by atoms with Crippen molar-refractivity contribution in [2.45, 2.75) is 6.92 Å². The fourth-order valence-corrected chi connectivity index (χ4v) is 2.19. The van der Waals surface area contributed by atoms with Gasteiger partial charge in [-0.15, -0.1) is 0 Å². The van der Waals surface area contributed by atoms with Gasteiger partial charge in [0.1, 0.15) is 16.7 Å². The molecule has 3 aromatic rings. The van der Waals surface area contributed by atoms with Gasteiger partial charge in [-0.05, 0) is 37.3 Å². The van der Waals surface area contributed by atoms with Crippen molar-refractivity contribution in [1.29, 1.82) is 0 Å². The lowest BCUT2D eigenvalue weighted by atomic mass is 10.2. The van der Waals surface area contributed by atoms with Crippen LogP contribution in [0.5, 0.6) is 5.75 Å². The Hall–Kier alpha value is -1.78. The number of hydrogen-bond acceptors (Lipinski definition) is 3. The van der Waals surface area contributed by atoms with Gasteiger partial charge >= 0.3 is 0 Å². The van der Waals surface area contributed by atoms with E-state index in [1.165, 1.54) is 0 Å². The molecule has 0 saturated carbocycles. The van der Waals surface area contributed by atoms with E-state index in [0.29, 0.717) is 23.1 Å². The highest BCUT2D eigenvalue weighted by molar-refractivity contribution is 6.41. The summed E-state index contributed by atoms with van der Waals surface area (Å²) in [5.41, 5.74) is 2.24. The van der Waals surface area contributed by atoms with Crippen molar-refractivity contribution in [1.82, 2.24) is 15.0 Å². The van der Waals surface area contributed by atoms with Gasteiger partial charge in [0.2, 0.25) is 0 Å². The number of aromatic nitrogens is 3. The molecule has 4 nitrogen and oxygen atoms in total. The first kappa shape index (κ1) is 13.2. The predicted octanol–water partition coefficient (Wildman–Crippen LogP) is 4.33. The quantitative estimate of drug-likeness (QED) is 0.733. The molecule has 0 fully saturated rings. The smallest absolute Gasteiger partial charge is 0.179 e. The van der Waals surface area contributed by atoms with Crippen LogP contribution >= 0.6 is 23.2 Å². The van der Waals surface area contributed by atoms with E-state index in [0.717, 1.165) is 16.8 Å². The Morgan fingerprint density at radius 2 is 1.90 bits per heavy atom. The SMILES string of the molecule is CCOc1ccc(-c2nc3nc(Cl)c(Cl)cc3[nH]2)cc1. The number of nitrogens with one attached hydrogen (secondary N) is 1. The van der Waals surface area contributed by atoms with E-state index >= 15 is 0 Å². The third kappa shape index (κ3) is 2.44. The van der Waals surface area contributed by atoms with Gasteiger partial charge in [0, 0.05) is 5.56 Å². The first-order valence-corrected chi connectivity index (χ1v) is 6.88. The number of halogens is 2. The van der Waals surface area contributed by atoms with E-state index in [4.69, 9.17) is 27.9 Å². The Labute approximate surface area is 125 Å². The summed E-state index contributed by atoms with van der Waals surface area (Å²) in [5, 5.41) is 0.657. The normalized spacial score (nSPS) is 10.9. The minimum Gasteiger partial charge on any atom is -0.494 e. The molecule has 0 aliphatic heterocycles. The molecule has 102 valence electrons. The third-order valence-corrected chi connectivity index (χ3v) is 3.50. The number of rotatable bonds is 3. The minimum atomic E-state index is 0.254.